The second-order valence-corrected chi connectivity index (χ2v) is 5.09. The van der Waals surface area contributed by atoms with Gasteiger partial charge in [0, 0.05) is 31.5 Å². The molecule has 0 spiro atoms. The van der Waals surface area contributed by atoms with Crippen LogP contribution in [0.3, 0.4) is 0 Å². The van der Waals surface area contributed by atoms with Crippen molar-refractivity contribution in [3.05, 3.63) is 30.1 Å². The highest BCUT2D eigenvalue weighted by Crippen LogP contribution is 2.29. The Bertz CT molecular complexity index is 352. The lowest BCUT2D eigenvalue weighted by atomic mass is 9.90. The van der Waals surface area contributed by atoms with Crippen LogP contribution >= 0.6 is 0 Å². The molecule has 17 heavy (non-hydrogen) atoms. The van der Waals surface area contributed by atoms with Crippen molar-refractivity contribution in [2.45, 2.75) is 44.4 Å². The second-order valence-electron chi connectivity index (χ2n) is 5.09. The smallest absolute Gasteiger partial charge is 0.0731 e. The van der Waals surface area contributed by atoms with Gasteiger partial charge in [0.15, 0.2) is 0 Å². The number of nitrogens with zero attached hydrogens (tertiary/aromatic N) is 2. The van der Waals surface area contributed by atoms with Gasteiger partial charge < -0.3 is 4.74 Å². The highest BCUT2D eigenvalue weighted by molar-refractivity contribution is 5.10. The summed E-state index contributed by atoms with van der Waals surface area (Å²) in [6.07, 6.45) is 9.50. The van der Waals surface area contributed by atoms with Crippen molar-refractivity contribution in [3.8, 4) is 0 Å². The molecule has 0 radical (unpaired) electrons. The largest absolute Gasteiger partial charge is 0.375 e. The van der Waals surface area contributed by atoms with Gasteiger partial charge in [-0.1, -0.05) is 12.8 Å². The van der Waals surface area contributed by atoms with Crippen molar-refractivity contribution in [2.24, 2.45) is 0 Å². The Hall–Kier alpha value is -0.930. The molecule has 2 aliphatic rings. The number of hydrogen-bond acceptors (Lipinski definition) is 3. The van der Waals surface area contributed by atoms with Crippen LogP contribution in [0.1, 0.15) is 31.2 Å². The monoisotopic (exact) mass is 232 g/mol. The van der Waals surface area contributed by atoms with Gasteiger partial charge in [-0.3, -0.25) is 9.88 Å². The molecule has 1 aromatic rings. The molecule has 1 aromatic heterocycles. The lowest BCUT2D eigenvalue weighted by Crippen LogP contribution is -2.52. The molecule has 0 N–H and O–H groups in total. The Kier molecular flexibility index (Phi) is 3.39. The van der Waals surface area contributed by atoms with E-state index >= 15 is 0 Å². The van der Waals surface area contributed by atoms with E-state index < -0.39 is 0 Å². The summed E-state index contributed by atoms with van der Waals surface area (Å²) in [7, 11) is 0. The summed E-state index contributed by atoms with van der Waals surface area (Å²) >= 11 is 0. The van der Waals surface area contributed by atoms with Crippen molar-refractivity contribution in [3.63, 3.8) is 0 Å². The third-order valence-corrected chi connectivity index (χ3v) is 3.98. The average molecular weight is 232 g/mol. The quantitative estimate of drug-likeness (QED) is 0.782. The summed E-state index contributed by atoms with van der Waals surface area (Å²) in [5.41, 5.74) is 1.37. The topological polar surface area (TPSA) is 25.4 Å². The SMILES string of the molecule is c1cc(CN2CCOC3CCCCC32)ccn1. The van der Waals surface area contributed by atoms with E-state index in [4.69, 9.17) is 4.74 Å². The number of fused-ring (bicyclic) bond motifs is 1. The maximum Gasteiger partial charge on any atom is 0.0731 e. The minimum absolute atomic E-state index is 0.485. The molecule has 3 rings (SSSR count). The molecule has 1 aliphatic carbocycles. The van der Waals surface area contributed by atoms with E-state index in [2.05, 4.69) is 22.0 Å². The van der Waals surface area contributed by atoms with Crippen LogP contribution < -0.4 is 0 Å². The van der Waals surface area contributed by atoms with E-state index in [9.17, 15) is 0 Å². The van der Waals surface area contributed by atoms with Crippen molar-refractivity contribution in [1.29, 1.82) is 0 Å². The fraction of sp³-hybridized carbons (Fsp3) is 0.643. The molecule has 3 heteroatoms. The first-order chi connectivity index (χ1) is 8.43. The number of pyridine rings is 1. The minimum atomic E-state index is 0.485. The third kappa shape index (κ3) is 2.50. The predicted molar refractivity (Wildman–Crippen MR) is 66.6 cm³/mol. The Morgan fingerprint density at radius 1 is 1.24 bits per heavy atom. The molecule has 3 nitrogen and oxygen atoms in total. The lowest BCUT2D eigenvalue weighted by molar-refractivity contribution is -0.0911. The zero-order chi connectivity index (χ0) is 11.5. The zero-order valence-electron chi connectivity index (χ0n) is 10.2. The highest BCUT2D eigenvalue weighted by Gasteiger charge is 2.33. The first kappa shape index (κ1) is 11.2. The van der Waals surface area contributed by atoms with Crippen LogP contribution in [0.4, 0.5) is 0 Å². The second kappa shape index (κ2) is 5.15. The van der Waals surface area contributed by atoms with Crippen molar-refractivity contribution in [2.75, 3.05) is 13.2 Å². The summed E-state index contributed by atoms with van der Waals surface area (Å²) in [5.74, 6) is 0. The van der Waals surface area contributed by atoms with Crippen molar-refractivity contribution >= 4 is 0 Å². The first-order valence-electron chi connectivity index (χ1n) is 6.68. The number of aromatic nitrogens is 1. The third-order valence-electron chi connectivity index (χ3n) is 3.98. The molecule has 2 atom stereocenters. The number of rotatable bonds is 2. The molecule has 2 fully saturated rings. The van der Waals surface area contributed by atoms with E-state index in [0.717, 1.165) is 19.7 Å². The van der Waals surface area contributed by atoms with Crippen LogP contribution in [0.5, 0.6) is 0 Å². The van der Waals surface area contributed by atoms with Crippen molar-refractivity contribution < 1.29 is 4.74 Å². The Morgan fingerprint density at radius 3 is 2.94 bits per heavy atom. The Labute approximate surface area is 103 Å². The van der Waals surface area contributed by atoms with Gasteiger partial charge in [-0.05, 0) is 30.5 Å². The molecular weight excluding hydrogens is 212 g/mol. The average Bonchev–Trinajstić information content (AvgIpc) is 2.40. The van der Waals surface area contributed by atoms with Gasteiger partial charge in [-0.2, -0.15) is 0 Å². The standard InChI is InChI=1S/C14H20N2O/c1-2-4-14-13(3-1)16(9-10-17-14)11-12-5-7-15-8-6-12/h5-8,13-14H,1-4,9-11H2. The van der Waals surface area contributed by atoms with Crippen LogP contribution in [-0.2, 0) is 11.3 Å². The predicted octanol–water partition coefficient (Wildman–Crippen LogP) is 2.22. The maximum atomic E-state index is 5.90. The fourth-order valence-corrected chi connectivity index (χ4v) is 3.10. The molecule has 1 saturated carbocycles. The van der Waals surface area contributed by atoms with Gasteiger partial charge in [-0.15, -0.1) is 0 Å². The normalized spacial score (nSPS) is 29.9. The van der Waals surface area contributed by atoms with Crippen LogP contribution in [-0.4, -0.2) is 35.2 Å². The van der Waals surface area contributed by atoms with Crippen LogP contribution in [0, 0.1) is 0 Å². The zero-order valence-corrected chi connectivity index (χ0v) is 10.2. The van der Waals surface area contributed by atoms with Crippen molar-refractivity contribution in [1.82, 2.24) is 9.88 Å². The number of morpholine rings is 1. The minimum Gasteiger partial charge on any atom is -0.375 e. The Balaban J connectivity index is 1.69. The summed E-state index contributed by atoms with van der Waals surface area (Å²) in [5, 5.41) is 0. The number of hydrogen-bond donors (Lipinski definition) is 0. The van der Waals surface area contributed by atoms with Gasteiger partial charge in [0.2, 0.25) is 0 Å². The van der Waals surface area contributed by atoms with Gasteiger partial charge in [0.25, 0.3) is 0 Å². The van der Waals surface area contributed by atoms with Crippen LogP contribution in [0.25, 0.3) is 0 Å². The molecule has 92 valence electrons. The molecule has 0 aromatic carbocycles. The van der Waals surface area contributed by atoms with E-state index in [1.165, 1.54) is 31.2 Å². The lowest BCUT2D eigenvalue weighted by Gasteiger charge is -2.43. The highest BCUT2D eigenvalue weighted by atomic mass is 16.5. The molecule has 0 amide bonds. The van der Waals surface area contributed by atoms with E-state index in [1.807, 2.05) is 12.4 Å². The molecule has 2 unspecified atom stereocenters. The van der Waals surface area contributed by atoms with E-state index in [-0.39, 0.29) is 0 Å². The Morgan fingerprint density at radius 2 is 2.06 bits per heavy atom. The fourth-order valence-electron chi connectivity index (χ4n) is 3.10. The van der Waals surface area contributed by atoms with E-state index in [1.54, 1.807) is 0 Å². The van der Waals surface area contributed by atoms with Crippen LogP contribution in [0.15, 0.2) is 24.5 Å². The summed E-state index contributed by atoms with van der Waals surface area (Å²) in [6.45, 7) is 3.02. The van der Waals surface area contributed by atoms with E-state index in [0.29, 0.717) is 12.1 Å². The van der Waals surface area contributed by atoms with Gasteiger partial charge >= 0.3 is 0 Å². The summed E-state index contributed by atoms with van der Waals surface area (Å²) < 4.78 is 5.90. The van der Waals surface area contributed by atoms with Gasteiger partial charge in [0.1, 0.15) is 0 Å². The molecule has 2 heterocycles. The molecular formula is C14H20N2O. The van der Waals surface area contributed by atoms with Gasteiger partial charge in [0.05, 0.1) is 12.7 Å². The van der Waals surface area contributed by atoms with Crippen LogP contribution in [0.2, 0.25) is 0 Å². The summed E-state index contributed by atoms with van der Waals surface area (Å²) in [4.78, 5) is 6.68. The molecule has 1 saturated heterocycles. The molecule has 1 aliphatic heterocycles. The maximum absolute atomic E-state index is 5.90. The first-order valence-corrected chi connectivity index (χ1v) is 6.68. The molecule has 0 bridgehead atoms. The van der Waals surface area contributed by atoms with Gasteiger partial charge in [-0.25, -0.2) is 0 Å². The summed E-state index contributed by atoms with van der Waals surface area (Å²) in [6, 6.07) is 4.88. The number of ether oxygens (including phenoxy) is 1.